The van der Waals surface area contributed by atoms with E-state index in [-0.39, 0.29) is 5.78 Å². The van der Waals surface area contributed by atoms with Crippen LogP contribution >= 0.6 is 0 Å². The summed E-state index contributed by atoms with van der Waals surface area (Å²) in [7, 11) is 0. The van der Waals surface area contributed by atoms with Crippen LogP contribution in [0.25, 0.3) is 12.2 Å². The minimum atomic E-state index is 0.104. The molecule has 1 aliphatic heterocycles. The highest BCUT2D eigenvalue weighted by Gasteiger charge is 2.26. The summed E-state index contributed by atoms with van der Waals surface area (Å²) in [6.07, 6.45) is 4.00. The number of ketones is 1. The molecular weight excluding hydrogens is 422 g/mol. The van der Waals surface area contributed by atoms with Gasteiger partial charge in [-0.3, -0.25) is 9.69 Å². The fraction of sp³-hybridized carbons (Fsp3) is 0.233. The topological polar surface area (TPSA) is 38.8 Å². The average Bonchev–Trinajstić information content (AvgIpc) is 2.85. The van der Waals surface area contributed by atoms with Gasteiger partial charge in [-0.25, -0.2) is 0 Å². The molecule has 1 aliphatic rings. The van der Waals surface area contributed by atoms with Gasteiger partial charge in [0, 0.05) is 30.8 Å². The first-order valence-electron chi connectivity index (χ1n) is 11.8. The molecule has 0 aromatic heterocycles. The third-order valence-electron chi connectivity index (χ3n) is 5.68. The summed E-state index contributed by atoms with van der Waals surface area (Å²) in [5, 5.41) is 0. The number of rotatable bonds is 8. The number of carbonyl (C=O) groups is 1. The molecule has 4 heteroatoms. The second kappa shape index (κ2) is 11.5. The number of piperidine rings is 1. The maximum atomic E-state index is 13.5. The van der Waals surface area contributed by atoms with Crippen LogP contribution in [-0.2, 0) is 11.3 Å². The molecule has 3 aromatic rings. The molecule has 0 spiro atoms. The normalized spacial score (nSPS) is 16.7. The van der Waals surface area contributed by atoms with Crippen molar-refractivity contribution in [3.63, 3.8) is 0 Å². The highest BCUT2D eigenvalue weighted by atomic mass is 16.5. The molecule has 0 saturated carbocycles. The number of Topliss-reactive ketones (excluding diaryl/α,β-unsaturated/α-hetero) is 1. The lowest BCUT2D eigenvalue weighted by atomic mass is 9.94. The van der Waals surface area contributed by atoms with Crippen molar-refractivity contribution in [3.8, 4) is 11.5 Å². The second-order valence-corrected chi connectivity index (χ2v) is 8.30. The molecule has 1 saturated heterocycles. The minimum Gasteiger partial charge on any atom is -0.494 e. The van der Waals surface area contributed by atoms with Gasteiger partial charge in [0.25, 0.3) is 0 Å². The number of benzene rings is 3. The van der Waals surface area contributed by atoms with Crippen LogP contribution in [0.1, 0.15) is 30.5 Å². The van der Waals surface area contributed by atoms with E-state index < -0.39 is 0 Å². The molecule has 0 unspecified atom stereocenters. The van der Waals surface area contributed by atoms with Gasteiger partial charge in [0.05, 0.1) is 13.2 Å². The monoisotopic (exact) mass is 453 g/mol. The molecule has 1 fully saturated rings. The van der Waals surface area contributed by atoms with Gasteiger partial charge in [0.2, 0.25) is 0 Å². The van der Waals surface area contributed by atoms with Crippen molar-refractivity contribution in [2.45, 2.75) is 20.4 Å². The zero-order chi connectivity index (χ0) is 23.8. The summed E-state index contributed by atoms with van der Waals surface area (Å²) in [4.78, 5) is 15.8. The molecule has 0 radical (unpaired) electrons. The van der Waals surface area contributed by atoms with E-state index in [1.165, 1.54) is 5.56 Å². The van der Waals surface area contributed by atoms with E-state index in [9.17, 15) is 4.79 Å². The smallest absolute Gasteiger partial charge is 0.187 e. The molecule has 0 atom stereocenters. The Bertz CT molecular complexity index is 1070. The Morgan fingerprint density at radius 3 is 1.62 bits per heavy atom. The Hall–Kier alpha value is -3.63. The first-order valence-corrected chi connectivity index (χ1v) is 11.8. The fourth-order valence-electron chi connectivity index (χ4n) is 4.12. The summed E-state index contributed by atoms with van der Waals surface area (Å²) in [5.41, 5.74) is 4.81. The van der Waals surface area contributed by atoms with Crippen molar-refractivity contribution in [1.82, 2.24) is 4.90 Å². The summed E-state index contributed by atoms with van der Waals surface area (Å²) < 4.78 is 11.1. The van der Waals surface area contributed by atoms with Crippen molar-refractivity contribution in [3.05, 3.63) is 107 Å². The second-order valence-electron chi connectivity index (χ2n) is 8.30. The number of hydrogen-bond acceptors (Lipinski definition) is 4. The molecule has 1 heterocycles. The largest absolute Gasteiger partial charge is 0.494 e. The quantitative estimate of drug-likeness (QED) is 0.390. The Labute approximate surface area is 202 Å². The first kappa shape index (κ1) is 23.5. The first-order chi connectivity index (χ1) is 16.6. The summed E-state index contributed by atoms with van der Waals surface area (Å²) >= 11 is 0. The lowest BCUT2D eigenvalue weighted by Crippen LogP contribution is -2.37. The highest BCUT2D eigenvalue weighted by Crippen LogP contribution is 2.25. The molecular formula is C30H31NO3. The van der Waals surface area contributed by atoms with Crippen LogP contribution in [0.15, 0.2) is 90.0 Å². The van der Waals surface area contributed by atoms with Crippen molar-refractivity contribution >= 4 is 17.9 Å². The number of ether oxygens (including phenoxy) is 2. The van der Waals surface area contributed by atoms with Crippen molar-refractivity contribution in [1.29, 1.82) is 0 Å². The number of nitrogens with zero attached hydrogens (tertiary/aromatic N) is 1. The third-order valence-corrected chi connectivity index (χ3v) is 5.68. The van der Waals surface area contributed by atoms with Gasteiger partial charge in [-0.05, 0) is 67.0 Å². The average molecular weight is 454 g/mol. The van der Waals surface area contributed by atoms with E-state index in [0.29, 0.717) is 26.3 Å². The van der Waals surface area contributed by atoms with Crippen LogP contribution in [0.4, 0.5) is 0 Å². The Balaban J connectivity index is 1.62. The molecule has 4 nitrogen and oxygen atoms in total. The Kier molecular flexibility index (Phi) is 7.95. The number of hydrogen-bond donors (Lipinski definition) is 0. The van der Waals surface area contributed by atoms with Gasteiger partial charge in [0.15, 0.2) is 5.78 Å². The Morgan fingerprint density at radius 2 is 1.18 bits per heavy atom. The van der Waals surface area contributed by atoms with Crippen LogP contribution in [-0.4, -0.2) is 37.0 Å². The number of carbonyl (C=O) groups excluding carboxylic acids is 1. The minimum absolute atomic E-state index is 0.104. The van der Waals surface area contributed by atoms with E-state index in [2.05, 4.69) is 29.2 Å². The molecule has 34 heavy (non-hydrogen) atoms. The lowest BCUT2D eigenvalue weighted by molar-refractivity contribution is -0.113. The van der Waals surface area contributed by atoms with Gasteiger partial charge in [0.1, 0.15) is 11.5 Å². The molecule has 0 bridgehead atoms. The van der Waals surface area contributed by atoms with E-state index >= 15 is 0 Å². The van der Waals surface area contributed by atoms with Crippen molar-refractivity contribution in [2.24, 2.45) is 0 Å². The SMILES string of the molecule is CCOc1ccc(/C=C2\CN(Cc3ccccc3)C/C(=C\c3ccc(OCC)cc3)C2=O)cc1. The van der Waals surface area contributed by atoms with Gasteiger partial charge in [-0.1, -0.05) is 54.6 Å². The van der Waals surface area contributed by atoms with Crippen LogP contribution in [0.3, 0.4) is 0 Å². The third kappa shape index (κ3) is 6.24. The van der Waals surface area contributed by atoms with Crippen molar-refractivity contribution < 1.29 is 14.3 Å². The number of likely N-dealkylation sites (tertiary alicyclic amines) is 1. The van der Waals surface area contributed by atoms with Crippen LogP contribution in [0, 0.1) is 0 Å². The summed E-state index contributed by atoms with van der Waals surface area (Å²) in [6, 6.07) is 26.2. The van der Waals surface area contributed by atoms with E-state index in [0.717, 1.165) is 40.3 Å². The lowest BCUT2D eigenvalue weighted by Gasteiger charge is -2.30. The maximum absolute atomic E-state index is 13.5. The molecule has 4 rings (SSSR count). The maximum Gasteiger partial charge on any atom is 0.187 e. The fourth-order valence-corrected chi connectivity index (χ4v) is 4.12. The molecule has 0 amide bonds. The molecule has 174 valence electrons. The summed E-state index contributed by atoms with van der Waals surface area (Å²) in [6.45, 7) is 7.21. The zero-order valence-electron chi connectivity index (χ0n) is 19.9. The predicted octanol–water partition coefficient (Wildman–Crippen LogP) is 6.04. The van der Waals surface area contributed by atoms with Crippen LogP contribution in [0.2, 0.25) is 0 Å². The van der Waals surface area contributed by atoms with Crippen LogP contribution in [0.5, 0.6) is 11.5 Å². The van der Waals surface area contributed by atoms with E-state index in [4.69, 9.17) is 9.47 Å². The highest BCUT2D eigenvalue weighted by molar-refractivity contribution is 6.14. The Morgan fingerprint density at radius 1 is 0.706 bits per heavy atom. The summed E-state index contributed by atoms with van der Waals surface area (Å²) in [5.74, 6) is 1.77. The van der Waals surface area contributed by atoms with Gasteiger partial charge in [-0.15, -0.1) is 0 Å². The standard InChI is InChI=1S/C30H31NO3/c1-3-33-28-14-10-23(11-15-28)18-26-21-31(20-25-8-6-5-7-9-25)22-27(30(26)32)19-24-12-16-29(17-13-24)34-4-2/h5-19H,3-4,20-22H2,1-2H3/b26-18+,27-19+. The zero-order valence-corrected chi connectivity index (χ0v) is 19.9. The van der Waals surface area contributed by atoms with E-state index in [1.807, 2.05) is 80.6 Å². The molecule has 3 aromatic carbocycles. The van der Waals surface area contributed by atoms with E-state index in [1.54, 1.807) is 0 Å². The predicted molar refractivity (Wildman–Crippen MR) is 138 cm³/mol. The van der Waals surface area contributed by atoms with Crippen molar-refractivity contribution in [2.75, 3.05) is 26.3 Å². The van der Waals surface area contributed by atoms with Gasteiger partial charge >= 0.3 is 0 Å². The molecule has 0 aliphatic carbocycles. The van der Waals surface area contributed by atoms with Gasteiger partial charge in [-0.2, -0.15) is 0 Å². The van der Waals surface area contributed by atoms with Gasteiger partial charge < -0.3 is 9.47 Å². The van der Waals surface area contributed by atoms with Crippen LogP contribution < -0.4 is 9.47 Å². The molecule has 0 N–H and O–H groups in total.